The van der Waals surface area contributed by atoms with Crippen molar-refractivity contribution in [1.82, 2.24) is 0 Å². The maximum atomic E-state index is 2.37. The van der Waals surface area contributed by atoms with E-state index in [-0.39, 0.29) is 0 Å². The van der Waals surface area contributed by atoms with Crippen molar-refractivity contribution in [3.8, 4) is 0 Å². The van der Waals surface area contributed by atoms with E-state index in [1.807, 2.05) is 0 Å². The van der Waals surface area contributed by atoms with Crippen LogP contribution < -0.4 is 0 Å². The Labute approximate surface area is 76.7 Å². The zero-order chi connectivity index (χ0) is 8.44. The molecule has 70 valence electrons. The average Bonchev–Trinajstić information content (AvgIpc) is 2.53. The lowest BCUT2D eigenvalue weighted by molar-refractivity contribution is 0.141. The second kappa shape index (κ2) is 3.40. The molecule has 0 amide bonds. The Kier molecular flexibility index (Phi) is 2.43. The van der Waals surface area contributed by atoms with E-state index >= 15 is 0 Å². The van der Waals surface area contributed by atoms with Gasteiger partial charge in [-0.3, -0.25) is 0 Å². The number of hydrogen-bond donors (Lipinski definition) is 0. The molecule has 0 nitrogen and oxygen atoms in total. The highest BCUT2D eigenvalue weighted by Crippen LogP contribution is 2.51. The van der Waals surface area contributed by atoms with E-state index in [0.717, 1.165) is 11.3 Å². The maximum Gasteiger partial charge on any atom is -0.0295 e. The van der Waals surface area contributed by atoms with Gasteiger partial charge in [0.15, 0.2) is 0 Å². The second-order valence-electron chi connectivity index (χ2n) is 5.08. The van der Waals surface area contributed by atoms with Crippen LogP contribution in [-0.2, 0) is 0 Å². The summed E-state index contributed by atoms with van der Waals surface area (Å²) in [6.07, 6.45) is 13.8. The fraction of sp³-hybridized carbons (Fsp3) is 1.00. The van der Waals surface area contributed by atoms with E-state index in [0.29, 0.717) is 0 Å². The fourth-order valence-corrected chi connectivity index (χ4v) is 3.51. The van der Waals surface area contributed by atoms with E-state index in [1.54, 1.807) is 25.7 Å². The fourth-order valence-electron chi connectivity index (χ4n) is 3.51. The molecule has 2 rings (SSSR count). The average molecular weight is 166 g/mol. The Hall–Kier alpha value is 0. The molecular formula is C12H22. The molecule has 0 heterocycles. The third kappa shape index (κ3) is 1.53. The largest absolute Gasteiger partial charge is 0.0651 e. The molecule has 1 unspecified atom stereocenters. The molecule has 12 heavy (non-hydrogen) atoms. The summed E-state index contributed by atoms with van der Waals surface area (Å²) in [4.78, 5) is 0. The van der Waals surface area contributed by atoms with E-state index in [2.05, 4.69) is 6.92 Å². The van der Waals surface area contributed by atoms with E-state index < -0.39 is 0 Å². The van der Waals surface area contributed by atoms with Gasteiger partial charge in [0.2, 0.25) is 0 Å². The van der Waals surface area contributed by atoms with Crippen LogP contribution in [0.25, 0.3) is 0 Å². The van der Waals surface area contributed by atoms with Gasteiger partial charge < -0.3 is 0 Å². The lowest BCUT2D eigenvalue weighted by atomic mass is 9.68. The van der Waals surface area contributed by atoms with Gasteiger partial charge in [0.1, 0.15) is 0 Å². The SMILES string of the molecule is CCC1CCCC2(CCCC2)C1. The standard InChI is InChI=1S/C12H22/c1-2-11-6-5-9-12(10-11)7-3-4-8-12/h11H,2-10H2,1H3. The highest BCUT2D eigenvalue weighted by atomic mass is 14.4. The molecule has 0 saturated heterocycles. The molecule has 2 saturated carbocycles. The first-order chi connectivity index (χ1) is 5.85. The van der Waals surface area contributed by atoms with Crippen LogP contribution in [0.15, 0.2) is 0 Å². The molecule has 0 N–H and O–H groups in total. The van der Waals surface area contributed by atoms with Gasteiger partial charge in [-0.1, -0.05) is 39.0 Å². The van der Waals surface area contributed by atoms with Gasteiger partial charge in [-0.2, -0.15) is 0 Å². The summed E-state index contributed by atoms with van der Waals surface area (Å²) in [5, 5.41) is 0. The summed E-state index contributed by atoms with van der Waals surface area (Å²) in [6, 6.07) is 0. The van der Waals surface area contributed by atoms with Crippen LogP contribution in [0, 0.1) is 11.3 Å². The highest BCUT2D eigenvalue weighted by Gasteiger charge is 2.37. The highest BCUT2D eigenvalue weighted by molar-refractivity contribution is 4.89. The molecule has 0 aliphatic heterocycles. The zero-order valence-corrected chi connectivity index (χ0v) is 8.44. The van der Waals surface area contributed by atoms with Gasteiger partial charge in [0.25, 0.3) is 0 Å². The van der Waals surface area contributed by atoms with Crippen molar-refractivity contribution < 1.29 is 0 Å². The number of hydrogen-bond acceptors (Lipinski definition) is 0. The van der Waals surface area contributed by atoms with Crippen LogP contribution in [0.5, 0.6) is 0 Å². The van der Waals surface area contributed by atoms with Crippen molar-refractivity contribution >= 4 is 0 Å². The van der Waals surface area contributed by atoms with Crippen molar-refractivity contribution in [1.29, 1.82) is 0 Å². The molecule has 1 atom stereocenters. The lowest BCUT2D eigenvalue weighted by Crippen LogP contribution is -2.25. The van der Waals surface area contributed by atoms with Gasteiger partial charge in [-0.05, 0) is 37.0 Å². The summed E-state index contributed by atoms with van der Waals surface area (Å²) >= 11 is 0. The first kappa shape index (κ1) is 8.59. The predicted octanol–water partition coefficient (Wildman–Crippen LogP) is 4.15. The van der Waals surface area contributed by atoms with Crippen molar-refractivity contribution in [3.63, 3.8) is 0 Å². The van der Waals surface area contributed by atoms with Crippen LogP contribution >= 0.6 is 0 Å². The molecule has 0 heteroatoms. The first-order valence-corrected chi connectivity index (χ1v) is 5.85. The summed E-state index contributed by atoms with van der Waals surface area (Å²) in [6.45, 7) is 2.37. The zero-order valence-electron chi connectivity index (χ0n) is 8.44. The predicted molar refractivity (Wildman–Crippen MR) is 53.2 cm³/mol. The molecule has 0 bridgehead atoms. The van der Waals surface area contributed by atoms with Crippen LogP contribution in [-0.4, -0.2) is 0 Å². The smallest absolute Gasteiger partial charge is 0.0295 e. The third-order valence-electron chi connectivity index (χ3n) is 4.28. The Bertz CT molecular complexity index is 142. The Morgan fingerprint density at radius 1 is 1.08 bits per heavy atom. The first-order valence-electron chi connectivity index (χ1n) is 5.85. The van der Waals surface area contributed by atoms with Gasteiger partial charge in [-0.15, -0.1) is 0 Å². The minimum Gasteiger partial charge on any atom is -0.0651 e. The number of rotatable bonds is 1. The van der Waals surface area contributed by atoms with Crippen LogP contribution in [0.4, 0.5) is 0 Å². The summed E-state index contributed by atoms with van der Waals surface area (Å²) in [7, 11) is 0. The quantitative estimate of drug-likeness (QED) is 0.549. The molecule has 1 spiro atoms. The van der Waals surface area contributed by atoms with Crippen molar-refractivity contribution in [3.05, 3.63) is 0 Å². The molecular weight excluding hydrogens is 144 g/mol. The summed E-state index contributed by atoms with van der Waals surface area (Å²) in [5.74, 6) is 1.08. The molecule has 2 aliphatic rings. The normalized spacial score (nSPS) is 34.2. The third-order valence-corrected chi connectivity index (χ3v) is 4.28. The minimum atomic E-state index is 0.846. The molecule has 0 aromatic rings. The monoisotopic (exact) mass is 166 g/mol. The minimum absolute atomic E-state index is 0.846. The Morgan fingerprint density at radius 3 is 2.42 bits per heavy atom. The maximum absolute atomic E-state index is 2.37. The van der Waals surface area contributed by atoms with E-state index in [1.165, 1.54) is 32.1 Å². The molecule has 2 aliphatic carbocycles. The Morgan fingerprint density at radius 2 is 1.75 bits per heavy atom. The van der Waals surface area contributed by atoms with Crippen molar-refractivity contribution in [2.24, 2.45) is 11.3 Å². The van der Waals surface area contributed by atoms with Crippen LogP contribution in [0.3, 0.4) is 0 Å². The molecule has 0 aromatic heterocycles. The molecule has 0 aromatic carbocycles. The van der Waals surface area contributed by atoms with Crippen molar-refractivity contribution in [2.75, 3.05) is 0 Å². The van der Waals surface area contributed by atoms with Crippen LogP contribution in [0.1, 0.15) is 64.7 Å². The Balaban J connectivity index is 1.97. The second-order valence-corrected chi connectivity index (χ2v) is 5.08. The van der Waals surface area contributed by atoms with Crippen molar-refractivity contribution in [2.45, 2.75) is 64.7 Å². The molecule has 2 fully saturated rings. The van der Waals surface area contributed by atoms with Gasteiger partial charge in [0, 0.05) is 0 Å². The summed E-state index contributed by atoms with van der Waals surface area (Å²) < 4.78 is 0. The van der Waals surface area contributed by atoms with Gasteiger partial charge in [-0.25, -0.2) is 0 Å². The molecule has 0 radical (unpaired) electrons. The van der Waals surface area contributed by atoms with E-state index in [4.69, 9.17) is 0 Å². The van der Waals surface area contributed by atoms with Gasteiger partial charge in [0.05, 0.1) is 0 Å². The summed E-state index contributed by atoms with van der Waals surface area (Å²) in [5.41, 5.74) is 0.846. The van der Waals surface area contributed by atoms with Gasteiger partial charge >= 0.3 is 0 Å². The lowest BCUT2D eigenvalue weighted by Gasteiger charge is -2.37. The van der Waals surface area contributed by atoms with Crippen LogP contribution in [0.2, 0.25) is 0 Å². The topological polar surface area (TPSA) is 0 Å². The van der Waals surface area contributed by atoms with E-state index in [9.17, 15) is 0 Å².